The number of amides is 3. The molecular weight excluding hydrogens is 272 g/mol. The van der Waals surface area contributed by atoms with Gasteiger partial charge >= 0.3 is 6.03 Å². The van der Waals surface area contributed by atoms with Crippen molar-refractivity contribution in [2.24, 2.45) is 0 Å². The van der Waals surface area contributed by atoms with E-state index in [0.717, 1.165) is 32.6 Å². The van der Waals surface area contributed by atoms with Gasteiger partial charge < -0.3 is 10.4 Å². The third-order valence-electron chi connectivity index (χ3n) is 3.23. The molecule has 0 atom stereocenters. The van der Waals surface area contributed by atoms with Gasteiger partial charge in [-0.05, 0) is 20.3 Å². The predicted molar refractivity (Wildman–Crippen MR) is 81.0 cm³/mol. The Kier molecular flexibility index (Phi) is 7.07. The molecule has 0 aromatic carbocycles. The van der Waals surface area contributed by atoms with Gasteiger partial charge in [0.15, 0.2) is 0 Å². The Labute approximate surface area is 126 Å². The molecule has 0 aromatic heterocycles. The molecule has 1 heterocycles. The van der Waals surface area contributed by atoms with Crippen molar-refractivity contribution in [2.75, 3.05) is 45.8 Å². The molecule has 0 saturated carbocycles. The molecule has 1 aliphatic rings. The van der Waals surface area contributed by atoms with Crippen molar-refractivity contribution in [2.45, 2.75) is 32.8 Å². The van der Waals surface area contributed by atoms with Gasteiger partial charge in [-0.25, -0.2) is 4.79 Å². The zero-order valence-corrected chi connectivity index (χ0v) is 13.3. The smallest absolute Gasteiger partial charge is 0.321 e. The average molecular weight is 300 g/mol. The van der Waals surface area contributed by atoms with Crippen LogP contribution in [-0.2, 0) is 4.79 Å². The minimum atomic E-state index is -0.698. The van der Waals surface area contributed by atoms with E-state index in [9.17, 15) is 14.7 Å². The third kappa shape index (κ3) is 7.99. The van der Waals surface area contributed by atoms with Crippen LogP contribution in [0.2, 0.25) is 0 Å². The lowest BCUT2D eigenvalue weighted by Gasteiger charge is -2.36. The summed E-state index contributed by atoms with van der Waals surface area (Å²) in [5.74, 6) is -0.278. The van der Waals surface area contributed by atoms with E-state index in [1.165, 1.54) is 0 Å². The number of hydrogen-bond acceptors (Lipinski definition) is 5. The molecule has 0 radical (unpaired) electrons. The van der Waals surface area contributed by atoms with Crippen molar-refractivity contribution in [3.63, 3.8) is 0 Å². The van der Waals surface area contributed by atoms with Crippen LogP contribution in [0.5, 0.6) is 0 Å². The molecule has 1 rings (SSSR count). The normalized spacial score (nSPS) is 17.5. The van der Waals surface area contributed by atoms with E-state index in [2.05, 4.69) is 15.5 Å². The van der Waals surface area contributed by atoms with Gasteiger partial charge in [-0.1, -0.05) is 6.92 Å². The molecule has 0 aromatic rings. The topological polar surface area (TPSA) is 84.9 Å². The highest BCUT2D eigenvalue weighted by Crippen LogP contribution is 2.08. The lowest BCUT2D eigenvalue weighted by Crippen LogP contribution is -2.53. The molecule has 1 aliphatic heterocycles. The average Bonchev–Trinajstić information content (AvgIpc) is 2.37. The number of carbonyl (C=O) groups is 2. The maximum Gasteiger partial charge on any atom is 0.321 e. The molecule has 0 spiro atoms. The van der Waals surface area contributed by atoms with Gasteiger partial charge in [0.25, 0.3) is 0 Å². The van der Waals surface area contributed by atoms with E-state index >= 15 is 0 Å². The molecule has 7 heteroatoms. The fourth-order valence-electron chi connectivity index (χ4n) is 2.30. The lowest BCUT2D eigenvalue weighted by atomic mass is 10.1. The van der Waals surface area contributed by atoms with Gasteiger partial charge in [0.1, 0.15) is 0 Å². The second-order valence-corrected chi connectivity index (χ2v) is 6.17. The largest absolute Gasteiger partial charge is 0.389 e. The predicted octanol–water partition coefficient (Wildman–Crippen LogP) is -0.389. The number of carbonyl (C=O) groups excluding carboxylic acids is 2. The van der Waals surface area contributed by atoms with Crippen molar-refractivity contribution < 1.29 is 14.7 Å². The first-order valence-electron chi connectivity index (χ1n) is 7.55. The van der Waals surface area contributed by atoms with Crippen LogP contribution >= 0.6 is 0 Å². The van der Waals surface area contributed by atoms with Crippen LogP contribution in [0.25, 0.3) is 0 Å². The monoisotopic (exact) mass is 300 g/mol. The lowest BCUT2D eigenvalue weighted by molar-refractivity contribution is -0.121. The third-order valence-corrected chi connectivity index (χ3v) is 3.23. The number of hydrogen-bond donors (Lipinski definition) is 3. The van der Waals surface area contributed by atoms with Gasteiger partial charge in [-0.15, -0.1) is 0 Å². The Morgan fingerprint density at radius 1 is 1.14 bits per heavy atom. The van der Waals surface area contributed by atoms with E-state index in [1.54, 1.807) is 13.8 Å². The minimum absolute atomic E-state index is 0.232. The molecule has 7 nitrogen and oxygen atoms in total. The molecule has 1 fully saturated rings. The van der Waals surface area contributed by atoms with E-state index in [-0.39, 0.29) is 12.5 Å². The number of β-amino-alcohol motifs (C(OH)–C–C–N with tert-alkyl or cyclic N) is 1. The summed E-state index contributed by atoms with van der Waals surface area (Å²) in [6.45, 7) is 10.1. The van der Waals surface area contributed by atoms with E-state index in [1.807, 2.05) is 11.8 Å². The Balaban J connectivity index is 2.23. The first-order chi connectivity index (χ1) is 9.80. The van der Waals surface area contributed by atoms with Gasteiger partial charge in [0.05, 0.1) is 12.1 Å². The fraction of sp³-hybridized carbons (Fsp3) is 0.857. The van der Waals surface area contributed by atoms with Crippen LogP contribution in [0, 0.1) is 0 Å². The summed E-state index contributed by atoms with van der Waals surface area (Å²) in [6.07, 6.45) is 0.838. The Morgan fingerprint density at radius 3 is 2.24 bits per heavy atom. The molecule has 122 valence electrons. The maximum absolute atomic E-state index is 11.7. The number of nitrogens with zero attached hydrogens (tertiary/aromatic N) is 2. The van der Waals surface area contributed by atoms with Crippen molar-refractivity contribution in [1.29, 1.82) is 0 Å². The summed E-state index contributed by atoms with van der Waals surface area (Å²) in [6, 6.07) is -0.428. The van der Waals surface area contributed by atoms with E-state index in [4.69, 9.17) is 0 Å². The Bertz CT molecular complexity index is 347. The summed E-state index contributed by atoms with van der Waals surface area (Å²) >= 11 is 0. The number of imide groups is 1. The van der Waals surface area contributed by atoms with Crippen LogP contribution in [-0.4, -0.2) is 78.3 Å². The number of urea groups is 1. The summed E-state index contributed by atoms with van der Waals surface area (Å²) in [5, 5.41) is 14.7. The molecular formula is C14H28N4O3. The summed E-state index contributed by atoms with van der Waals surface area (Å²) in [7, 11) is 0. The fourth-order valence-corrected chi connectivity index (χ4v) is 2.30. The summed E-state index contributed by atoms with van der Waals surface area (Å²) in [5.41, 5.74) is -0.698. The number of piperazine rings is 1. The van der Waals surface area contributed by atoms with Gasteiger partial charge in [0, 0.05) is 39.3 Å². The molecule has 3 N–H and O–H groups in total. The number of aliphatic hydroxyl groups is 1. The maximum atomic E-state index is 11.7. The Hall–Kier alpha value is -1.18. The quantitative estimate of drug-likeness (QED) is 0.622. The molecule has 0 aliphatic carbocycles. The highest BCUT2D eigenvalue weighted by Gasteiger charge is 2.23. The summed E-state index contributed by atoms with van der Waals surface area (Å²) in [4.78, 5) is 27.3. The highest BCUT2D eigenvalue weighted by atomic mass is 16.3. The molecule has 1 saturated heterocycles. The minimum Gasteiger partial charge on any atom is -0.389 e. The summed E-state index contributed by atoms with van der Waals surface area (Å²) < 4.78 is 0. The van der Waals surface area contributed by atoms with Crippen molar-refractivity contribution >= 4 is 11.9 Å². The van der Waals surface area contributed by atoms with Crippen molar-refractivity contribution in [3.05, 3.63) is 0 Å². The first-order valence-corrected chi connectivity index (χ1v) is 7.55. The van der Waals surface area contributed by atoms with Gasteiger partial charge in [-0.2, -0.15) is 0 Å². The number of rotatable bonds is 6. The van der Waals surface area contributed by atoms with E-state index < -0.39 is 11.6 Å². The van der Waals surface area contributed by atoms with Crippen LogP contribution < -0.4 is 10.6 Å². The van der Waals surface area contributed by atoms with Crippen LogP contribution in [0.1, 0.15) is 27.2 Å². The first kappa shape index (κ1) is 17.9. The van der Waals surface area contributed by atoms with Crippen molar-refractivity contribution in [3.8, 4) is 0 Å². The van der Waals surface area contributed by atoms with Crippen LogP contribution in [0.4, 0.5) is 4.79 Å². The van der Waals surface area contributed by atoms with Crippen LogP contribution in [0.15, 0.2) is 0 Å². The molecule has 0 bridgehead atoms. The number of nitrogens with one attached hydrogen (secondary N) is 2. The molecule has 0 unspecified atom stereocenters. The van der Waals surface area contributed by atoms with Crippen molar-refractivity contribution in [1.82, 2.24) is 20.4 Å². The SMILES string of the molecule is CCCNC(=O)NC(=O)CN1CCN(CC(C)(C)O)CC1. The standard InChI is InChI=1S/C14H28N4O3/c1-4-5-15-13(20)16-12(19)10-17-6-8-18(9-7-17)11-14(2,3)21/h21H,4-11H2,1-3H3,(H2,15,16,19,20). The van der Waals surface area contributed by atoms with Gasteiger partial charge in [0.2, 0.25) is 5.91 Å². The molecule has 21 heavy (non-hydrogen) atoms. The second-order valence-electron chi connectivity index (χ2n) is 6.17. The molecule has 3 amide bonds. The Morgan fingerprint density at radius 2 is 1.71 bits per heavy atom. The van der Waals surface area contributed by atoms with Crippen LogP contribution in [0.3, 0.4) is 0 Å². The highest BCUT2D eigenvalue weighted by molar-refractivity contribution is 5.95. The second kappa shape index (κ2) is 8.31. The zero-order chi connectivity index (χ0) is 15.9. The van der Waals surface area contributed by atoms with E-state index in [0.29, 0.717) is 13.1 Å². The zero-order valence-electron chi connectivity index (χ0n) is 13.3. The van der Waals surface area contributed by atoms with Gasteiger partial charge in [-0.3, -0.25) is 19.9 Å².